The lowest BCUT2D eigenvalue weighted by Crippen LogP contribution is -2.45. The van der Waals surface area contributed by atoms with Crippen molar-refractivity contribution in [3.05, 3.63) is 34.9 Å². The number of fused-ring (bicyclic) bond motifs is 1. The van der Waals surface area contributed by atoms with Gasteiger partial charge in [-0.25, -0.2) is 0 Å². The minimum atomic E-state index is -0.499. The molecular formula is C28H39N3O5. The van der Waals surface area contributed by atoms with E-state index in [1.54, 1.807) is 12.0 Å². The van der Waals surface area contributed by atoms with Gasteiger partial charge in [-0.15, -0.1) is 0 Å². The number of nitrogens with two attached hydrogens (primary N) is 1. The Kier molecular flexibility index (Phi) is 7.74. The number of ketones is 1. The molecule has 36 heavy (non-hydrogen) atoms. The van der Waals surface area contributed by atoms with Gasteiger partial charge in [0.15, 0.2) is 5.78 Å². The van der Waals surface area contributed by atoms with E-state index in [2.05, 4.69) is 11.0 Å². The van der Waals surface area contributed by atoms with Crippen LogP contribution < -0.4 is 5.73 Å². The number of carbonyl (C=O) groups is 3. The van der Waals surface area contributed by atoms with E-state index >= 15 is 0 Å². The SMILES string of the molecule is COCCN1CCC(c2ccc(C(N)=O)c([C@@H](C(=O)N3CC[C@H]4OCC(=O)[C@H]43)C3CCCC3)c2)CC1. The van der Waals surface area contributed by atoms with Gasteiger partial charge >= 0.3 is 0 Å². The summed E-state index contributed by atoms with van der Waals surface area (Å²) in [5.74, 6) is -0.476. The van der Waals surface area contributed by atoms with E-state index < -0.39 is 17.9 Å². The minimum absolute atomic E-state index is 0.0138. The van der Waals surface area contributed by atoms with Crippen LogP contribution in [0, 0.1) is 5.92 Å². The molecule has 1 aromatic rings. The molecule has 4 aliphatic rings. The maximum atomic E-state index is 14.2. The van der Waals surface area contributed by atoms with Gasteiger partial charge in [-0.3, -0.25) is 14.4 Å². The second-order valence-corrected chi connectivity index (χ2v) is 10.9. The minimum Gasteiger partial charge on any atom is -0.383 e. The molecule has 8 heteroatoms. The molecular weight excluding hydrogens is 458 g/mol. The lowest BCUT2D eigenvalue weighted by Gasteiger charge is -2.34. The third-order valence-corrected chi connectivity index (χ3v) is 8.88. The monoisotopic (exact) mass is 497 g/mol. The number of ether oxygens (including phenoxy) is 2. The number of amides is 2. The third kappa shape index (κ3) is 4.95. The Morgan fingerprint density at radius 1 is 1.11 bits per heavy atom. The van der Waals surface area contributed by atoms with Gasteiger partial charge < -0.3 is 25.0 Å². The van der Waals surface area contributed by atoms with Crippen LogP contribution in [0.2, 0.25) is 0 Å². The van der Waals surface area contributed by atoms with Crippen molar-refractivity contribution in [2.24, 2.45) is 11.7 Å². The van der Waals surface area contributed by atoms with Gasteiger partial charge in [0.05, 0.1) is 18.6 Å². The molecule has 3 atom stereocenters. The molecule has 3 aliphatic heterocycles. The molecule has 2 N–H and O–H groups in total. The highest BCUT2D eigenvalue weighted by molar-refractivity contribution is 5.99. The molecule has 4 fully saturated rings. The molecule has 0 radical (unpaired) electrons. The first-order chi connectivity index (χ1) is 17.5. The average molecular weight is 498 g/mol. The van der Waals surface area contributed by atoms with Gasteiger partial charge in [-0.05, 0) is 74.2 Å². The summed E-state index contributed by atoms with van der Waals surface area (Å²) in [4.78, 5) is 43.5. The summed E-state index contributed by atoms with van der Waals surface area (Å²) in [7, 11) is 1.73. The van der Waals surface area contributed by atoms with E-state index in [4.69, 9.17) is 15.2 Å². The highest BCUT2D eigenvalue weighted by atomic mass is 16.5. The number of likely N-dealkylation sites (tertiary alicyclic amines) is 2. The number of hydrogen-bond donors (Lipinski definition) is 1. The van der Waals surface area contributed by atoms with Gasteiger partial charge in [0, 0.05) is 25.8 Å². The third-order valence-electron chi connectivity index (χ3n) is 8.88. The molecule has 1 aliphatic carbocycles. The normalized spacial score (nSPS) is 26.5. The molecule has 3 heterocycles. The van der Waals surface area contributed by atoms with Crippen LogP contribution in [-0.4, -0.2) is 86.0 Å². The lowest BCUT2D eigenvalue weighted by atomic mass is 9.78. The summed E-state index contributed by atoms with van der Waals surface area (Å²) in [5, 5.41) is 0. The summed E-state index contributed by atoms with van der Waals surface area (Å²) in [6, 6.07) is 5.46. The standard InChI is InChI=1S/C28H39N3O5/c1-35-15-14-30-11-8-18(9-12-30)20-6-7-21(27(29)33)22(16-20)25(19-4-2-3-5-19)28(34)31-13-10-24-26(31)23(32)17-36-24/h6-7,16,18-19,24-26H,2-5,8-15,17H2,1H3,(H2,29,33)/t24-,25+,26-/m1/s1. The summed E-state index contributed by atoms with van der Waals surface area (Å²) < 4.78 is 10.9. The molecule has 1 aromatic carbocycles. The van der Waals surface area contributed by atoms with Crippen molar-refractivity contribution in [1.82, 2.24) is 9.80 Å². The second-order valence-electron chi connectivity index (χ2n) is 10.9. The molecule has 196 valence electrons. The summed E-state index contributed by atoms with van der Waals surface area (Å²) in [6.45, 7) is 4.29. The van der Waals surface area contributed by atoms with Crippen molar-refractivity contribution in [3.8, 4) is 0 Å². The smallest absolute Gasteiger partial charge is 0.249 e. The van der Waals surface area contributed by atoms with E-state index in [0.717, 1.165) is 70.3 Å². The van der Waals surface area contributed by atoms with Gasteiger partial charge in [-0.1, -0.05) is 25.0 Å². The Bertz CT molecular complexity index is 983. The first-order valence-electron chi connectivity index (χ1n) is 13.6. The van der Waals surface area contributed by atoms with Crippen LogP contribution in [0.3, 0.4) is 0 Å². The fraction of sp³-hybridized carbons (Fsp3) is 0.679. The number of benzene rings is 1. The second kappa shape index (κ2) is 11.0. The van der Waals surface area contributed by atoms with Gasteiger partial charge in [0.1, 0.15) is 12.6 Å². The van der Waals surface area contributed by atoms with Crippen LogP contribution >= 0.6 is 0 Å². The van der Waals surface area contributed by atoms with Crippen LogP contribution in [0.5, 0.6) is 0 Å². The van der Waals surface area contributed by atoms with E-state index in [-0.39, 0.29) is 30.3 Å². The average Bonchev–Trinajstić information content (AvgIpc) is 3.63. The van der Waals surface area contributed by atoms with Crippen molar-refractivity contribution < 1.29 is 23.9 Å². The number of Topliss-reactive ketones (excluding diaryl/α,β-unsaturated/α-hetero) is 1. The van der Waals surface area contributed by atoms with Crippen molar-refractivity contribution >= 4 is 17.6 Å². The Balaban J connectivity index is 1.45. The zero-order valence-corrected chi connectivity index (χ0v) is 21.3. The predicted molar refractivity (Wildman–Crippen MR) is 135 cm³/mol. The molecule has 3 saturated heterocycles. The Hall–Kier alpha value is -2.29. The first-order valence-corrected chi connectivity index (χ1v) is 13.6. The molecule has 1 saturated carbocycles. The first kappa shape index (κ1) is 25.4. The van der Waals surface area contributed by atoms with Gasteiger partial charge in [-0.2, -0.15) is 0 Å². The summed E-state index contributed by atoms with van der Waals surface area (Å²) in [5.41, 5.74) is 8.22. The highest BCUT2D eigenvalue weighted by Crippen LogP contribution is 2.43. The molecule has 0 bridgehead atoms. The maximum Gasteiger partial charge on any atom is 0.249 e. The zero-order chi connectivity index (χ0) is 25.2. The highest BCUT2D eigenvalue weighted by Gasteiger charge is 2.49. The number of methoxy groups -OCH3 is 1. The summed E-state index contributed by atoms with van der Waals surface area (Å²) in [6.07, 6.45) is 6.60. The number of primary amides is 1. The van der Waals surface area contributed by atoms with E-state index in [1.807, 2.05) is 12.1 Å². The zero-order valence-electron chi connectivity index (χ0n) is 21.3. The van der Waals surface area contributed by atoms with Crippen molar-refractivity contribution in [1.29, 1.82) is 0 Å². The van der Waals surface area contributed by atoms with Crippen LogP contribution in [0.15, 0.2) is 18.2 Å². The fourth-order valence-electron chi connectivity index (χ4n) is 6.93. The van der Waals surface area contributed by atoms with Crippen molar-refractivity contribution in [2.75, 3.05) is 46.5 Å². The Morgan fingerprint density at radius 3 is 2.56 bits per heavy atom. The van der Waals surface area contributed by atoms with E-state index in [1.165, 1.54) is 5.56 Å². The van der Waals surface area contributed by atoms with Gasteiger partial charge in [0.25, 0.3) is 0 Å². The molecule has 2 amide bonds. The number of nitrogens with zero attached hydrogens (tertiary/aromatic N) is 2. The fourth-order valence-corrected chi connectivity index (χ4v) is 6.93. The molecule has 8 nitrogen and oxygen atoms in total. The van der Waals surface area contributed by atoms with E-state index in [9.17, 15) is 14.4 Å². The van der Waals surface area contributed by atoms with Crippen LogP contribution in [0.25, 0.3) is 0 Å². The number of carbonyl (C=O) groups excluding carboxylic acids is 3. The largest absolute Gasteiger partial charge is 0.383 e. The predicted octanol–water partition coefficient (Wildman–Crippen LogP) is 2.45. The molecule has 0 unspecified atom stereocenters. The van der Waals surface area contributed by atoms with Crippen molar-refractivity contribution in [2.45, 2.75) is 68.9 Å². The number of piperidine rings is 1. The molecule has 5 rings (SSSR count). The molecule has 0 spiro atoms. The maximum absolute atomic E-state index is 14.2. The Morgan fingerprint density at radius 2 is 1.86 bits per heavy atom. The lowest BCUT2D eigenvalue weighted by molar-refractivity contribution is -0.138. The topological polar surface area (TPSA) is 102 Å². The number of hydrogen-bond acceptors (Lipinski definition) is 6. The van der Waals surface area contributed by atoms with Gasteiger partial charge in [0.2, 0.25) is 11.8 Å². The van der Waals surface area contributed by atoms with Crippen LogP contribution in [-0.2, 0) is 19.1 Å². The number of rotatable bonds is 8. The van der Waals surface area contributed by atoms with Crippen LogP contribution in [0.1, 0.15) is 78.3 Å². The van der Waals surface area contributed by atoms with E-state index in [0.29, 0.717) is 24.4 Å². The van der Waals surface area contributed by atoms with Crippen LogP contribution in [0.4, 0.5) is 0 Å². The molecule has 0 aromatic heterocycles. The summed E-state index contributed by atoms with van der Waals surface area (Å²) >= 11 is 0. The quantitative estimate of drug-likeness (QED) is 0.592. The Labute approximate surface area is 213 Å². The van der Waals surface area contributed by atoms with Crippen molar-refractivity contribution in [3.63, 3.8) is 0 Å².